The SMILES string of the molecule is Cc1ccc([N+](=O)[O-])cc1NC(=O)CCC(=O)OCCCc1ccccc1. The van der Waals surface area contributed by atoms with Crippen molar-refractivity contribution in [1.82, 2.24) is 0 Å². The molecule has 1 amide bonds. The first-order chi connectivity index (χ1) is 13.0. The van der Waals surface area contributed by atoms with Crippen molar-refractivity contribution in [2.24, 2.45) is 0 Å². The molecule has 27 heavy (non-hydrogen) atoms. The molecule has 2 aromatic carbocycles. The summed E-state index contributed by atoms with van der Waals surface area (Å²) in [5.74, 6) is -0.825. The maximum atomic E-state index is 12.0. The van der Waals surface area contributed by atoms with Gasteiger partial charge in [-0.15, -0.1) is 0 Å². The van der Waals surface area contributed by atoms with E-state index in [1.807, 2.05) is 30.3 Å². The minimum atomic E-state index is -0.526. The zero-order valence-corrected chi connectivity index (χ0v) is 15.1. The van der Waals surface area contributed by atoms with Crippen molar-refractivity contribution in [3.8, 4) is 0 Å². The van der Waals surface area contributed by atoms with Gasteiger partial charge in [0.15, 0.2) is 0 Å². The summed E-state index contributed by atoms with van der Waals surface area (Å²) in [6.07, 6.45) is 1.46. The van der Waals surface area contributed by atoms with E-state index >= 15 is 0 Å². The summed E-state index contributed by atoms with van der Waals surface area (Å²) < 4.78 is 5.13. The number of esters is 1. The van der Waals surface area contributed by atoms with Gasteiger partial charge in [-0.2, -0.15) is 0 Å². The first-order valence-corrected chi connectivity index (χ1v) is 8.70. The predicted molar refractivity (Wildman–Crippen MR) is 101 cm³/mol. The number of aryl methyl sites for hydroxylation is 2. The molecule has 0 saturated heterocycles. The number of nitro groups is 1. The largest absolute Gasteiger partial charge is 0.466 e. The van der Waals surface area contributed by atoms with E-state index < -0.39 is 10.9 Å². The minimum Gasteiger partial charge on any atom is -0.466 e. The minimum absolute atomic E-state index is 0.0366. The second-order valence-corrected chi connectivity index (χ2v) is 6.11. The molecule has 0 aliphatic heterocycles. The molecule has 0 heterocycles. The zero-order chi connectivity index (χ0) is 19.6. The van der Waals surface area contributed by atoms with Crippen molar-refractivity contribution >= 4 is 23.3 Å². The van der Waals surface area contributed by atoms with Crippen molar-refractivity contribution in [2.45, 2.75) is 32.6 Å². The summed E-state index contributed by atoms with van der Waals surface area (Å²) in [7, 11) is 0. The van der Waals surface area contributed by atoms with Crippen LogP contribution in [0.2, 0.25) is 0 Å². The summed E-state index contributed by atoms with van der Waals surface area (Å²) in [5.41, 5.74) is 2.15. The van der Waals surface area contributed by atoms with Crippen molar-refractivity contribution in [3.05, 3.63) is 69.8 Å². The molecule has 0 bridgehead atoms. The number of hydrogen-bond acceptors (Lipinski definition) is 5. The highest BCUT2D eigenvalue weighted by Crippen LogP contribution is 2.22. The van der Waals surface area contributed by atoms with Crippen LogP contribution in [0.3, 0.4) is 0 Å². The van der Waals surface area contributed by atoms with Gasteiger partial charge in [0.2, 0.25) is 5.91 Å². The average molecular weight is 370 g/mol. The summed E-state index contributed by atoms with van der Waals surface area (Å²) in [6.45, 7) is 2.04. The number of carbonyl (C=O) groups is 2. The highest BCUT2D eigenvalue weighted by atomic mass is 16.6. The molecule has 0 radical (unpaired) electrons. The van der Waals surface area contributed by atoms with Gasteiger partial charge in [-0.3, -0.25) is 19.7 Å². The molecular formula is C20H22N2O5. The number of amides is 1. The number of nitro benzene ring substituents is 1. The van der Waals surface area contributed by atoms with Gasteiger partial charge in [0, 0.05) is 18.6 Å². The molecule has 0 spiro atoms. The van der Waals surface area contributed by atoms with Crippen LogP contribution in [0.1, 0.15) is 30.4 Å². The lowest BCUT2D eigenvalue weighted by Crippen LogP contribution is -2.15. The van der Waals surface area contributed by atoms with Crippen LogP contribution in [0.4, 0.5) is 11.4 Å². The Balaban J connectivity index is 1.70. The first kappa shape index (κ1) is 20.1. The van der Waals surface area contributed by atoms with E-state index in [1.165, 1.54) is 17.7 Å². The van der Waals surface area contributed by atoms with Crippen molar-refractivity contribution < 1.29 is 19.2 Å². The van der Waals surface area contributed by atoms with Crippen LogP contribution in [0.5, 0.6) is 0 Å². The lowest BCUT2D eigenvalue weighted by atomic mass is 10.1. The van der Waals surface area contributed by atoms with Gasteiger partial charge < -0.3 is 10.1 Å². The number of nitrogens with zero attached hydrogens (tertiary/aromatic N) is 1. The topological polar surface area (TPSA) is 98.5 Å². The van der Waals surface area contributed by atoms with Gasteiger partial charge in [-0.05, 0) is 30.9 Å². The Kier molecular flexibility index (Phi) is 7.49. The number of carbonyl (C=O) groups excluding carboxylic acids is 2. The van der Waals surface area contributed by atoms with E-state index in [0.717, 1.165) is 12.8 Å². The highest BCUT2D eigenvalue weighted by Gasteiger charge is 2.12. The summed E-state index contributed by atoms with van der Waals surface area (Å²) in [4.78, 5) is 34.0. The summed E-state index contributed by atoms with van der Waals surface area (Å²) in [5, 5.41) is 13.4. The Morgan fingerprint density at radius 3 is 2.56 bits per heavy atom. The molecule has 0 fully saturated rings. The number of rotatable bonds is 9. The molecule has 7 heteroatoms. The van der Waals surface area contributed by atoms with Crippen LogP contribution in [-0.2, 0) is 20.7 Å². The monoisotopic (exact) mass is 370 g/mol. The van der Waals surface area contributed by atoms with E-state index in [0.29, 0.717) is 17.9 Å². The van der Waals surface area contributed by atoms with E-state index in [4.69, 9.17) is 4.74 Å². The van der Waals surface area contributed by atoms with E-state index in [1.54, 1.807) is 13.0 Å². The first-order valence-electron chi connectivity index (χ1n) is 8.70. The Bertz CT molecular complexity index is 805. The molecule has 0 aliphatic rings. The number of nitrogens with one attached hydrogen (secondary N) is 1. The van der Waals surface area contributed by atoms with Crippen LogP contribution in [0.25, 0.3) is 0 Å². The van der Waals surface area contributed by atoms with Gasteiger partial charge in [-0.25, -0.2) is 0 Å². The van der Waals surface area contributed by atoms with Crippen molar-refractivity contribution in [2.75, 3.05) is 11.9 Å². The molecule has 7 nitrogen and oxygen atoms in total. The highest BCUT2D eigenvalue weighted by molar-refractivity contribution is 5.93. The molecule has 0 saturated carbocycles. The Labute approximate surface area is 157 Å². The number of anilines is 1. The normalized spacial score (nSPS) is 10.3. The van der Waals surface area contributed by atoms with E-state index in [9.17, 15) is 19.7 Å². The molecule has 1 N–H and O–H groups in total. The third-order valence-corrected chi connectivity index (χ3v) is 3.98. The Morgan fingerprint density at radius 2 is 1.85 bits per heavy atom. The van der Waals surface area contributed by atoms with E-state index in [2.05, 4.69) is 5.32 Å². The van der Waals surface area contributed by atoms with Gasteiger partial charge in [0.1, 0.15) is 0 Å². The molecule has 0 aliphatic carbocycles. The molecule has 142 valence electrons. The predicted octanol–water partition coefficient (Wildman–Crippen LogP) is 3.80. The van der Waals surface area contributed by atoms with Crippen molar-refractivity contribution in [1.29, 1.82) is 0 Å². The van der Waals surface area contributed by atoms with Crippen LogP contribution in [0, 0.1) is 17.0 Å². The standard InChI is InChI=1S/C20H22N2O5/c1-15-9-10-17(22(25)26)14-18(15)21-19(23)11-12-20(24)27-13-5-8-16-6-3-2-4-7-16/h2-4,6-7,9-10,14H,5,8,11-13H2,1H3,(H,21,23). The fourth-order valence-electron chi connectivity index (χ4n) is 2.47. The zero-order valence-electron chi connectivity index (χ0n) is 15.1. The molecule has 0 unspecified atom stereocenters. The fraction of sp³-hybridized carbons (Fsp3) is 0.300. The summed E-state index contributed by atoms with van der Waals surface area (Å²) in [6, 6.07) is 14.1. The molecule has 0 aromatic heterocycles. The van der Waals surface area contributed by atoms with Crippen molar-refractivity contribution in [3.63, 3.8) is 0 Å². The third kappa shape index (κ3) is 6.89. The number of benzene rings is 2. The lowest BCUT2D eigenvalue weighted by molar-refractivity contribution is -0.384. The molecule has 2 aromatic rings. The van der Waals surface area contributed by atoms with Gasteiger partial charge in [0.05, 0.1) is 23.6 Å². The number of non-ortho nitro benzene ring substituents is 1. The Morgan fingerprint density at radius 1 is 1.11 bits per heavy atom. The van der Waals surface area contributed by atoms with Crippen LogP contribution >= 0.6 is 0 Å². The molecule has 2 rings (SSSR count). The van der Waals surface area contributed by atoms with Gasteiger partial charge in [-0.1, -0.05) is 36.4 Å². The maximum absolute atomic E-state index is 12.0. The second-order valence-electron chi connectivity index (χ2n) is 6.11. The number of hydrogen-bond donors (Lipinski definition) is 1. The van der Waals surface area contributed by atoms with Crippen LogP contribution in [-0.4, -0.2) is 23.4 Å². The second kappa shape index (κ2) is 10.1. The molecular weight excluding hydrogens is 348 g/mol. The Hall–Kier alpha value is -3.22. The number of ether oxygens (including phenoxy) is 1. The maximum Gasteiger partial charge on any atom is 0.306 e. The molecule has 0 atom stereocenters. The quantitative estimate of drug-likeness (QED) is 0.313. The fourth-order valence-corrected chi connectivity index (χ4v) is 2.47. The van der Waals surface area contributed by atoms with Crippen LogP contribution in [0.15, 0.2) is 48.5 Å². The average Bonchev–Trinajstić information content (AvgIpc) is 2.66. The lowest BCUT2D eigenvalue weighted by Gasteiger charge is -2.08. The van der Waals surface area contributed by atoms with E-state index in [-0.39, 0.29) is 24.4 Å². The third-order valence-electron chi connectivity index (χ3n) is 3.98. The van der Waals surface area contributed by atoms with Crippen LogP contribution < -0.4 is 5.32 Å². The smallest absolute Gasteiger partial charge is 0.306 e. The summed E-state index contributed by atoms with van der Waals surface area (Å²) >= 11 is 0. The van der Waals surface area contributed by atoms with Gasteiger partial charge >= 0.3 is 5.97 Å². The van der Waals surface area contributed by atoms with Gasteiger partial charge in [0.25, 0.3) is 5.69 Å².